The Morgan fingerprint density at radius 2 is 2.11 bits per heavy atom. The molecule has 0 aromatic carbocycles. The van der Waals surface area contributed by atoms with Gasteiger partial charge in [-0.1, -0.05) is 0 Å². The lowest BCUT2D eigenvalue weighted by Crippen LogP contribution is -2.44. The fourth-order valence-corrected chi connectivity index (χ4v) is 2.52. The highest BCUT2D eigenvalue weighted by Crippen LogP contribution is 2.15. The molecule has 0 spiro atoms. The monoisotopic (exact) mass is 249 g/mol. The van der Waals surface area contributed by atoms with Crippen LogP contribution in [0.2, 0.25) is 0 Å². The number of hydrogen-bond acceptors (Lipinski definition) is 4. The van der Waals surface area contributed by atoms with Crippen LogP contribution >= 0.6 is 0 Å². The Kier molecular flexibility index (Phi) is 4.55. The maximum absolute atomic E-state index is 5.74. The molecule has 0 saturated carbocycles. The predicted molar refractivity (Wildman–Crippen MR) is 73.7 cm³/mol. The quantitative estimate of drug-likeness (QED) is 0.887. The highest BCUT2D eigenvalue weighted by atomic mass is 16.5. The molecule has 2 atom stereocenters. The smallest absolute Gasteiger partial charge is 0.0678 e. The van der Waals surface area contributed by atoms with Crippen LogP contribution in [0.1, 0.15) is 26.5 Å². The summed E-state index contributed by atoms with van der Waals surface area (Å²) in [6.07, 6.45) is 2.50. The minimum Gasteiger partial charge on any atom is -0.385 e. The summed E-state index contributed by atoms with van der Waals surface area (Å²) < 4.78 is 5.74. The van der Waals surface area contributed by atoms with Crippen molar-refractivity contribution < 1.29 is 4.74 Å². The zero-order chi connectivity index (χ0) is 13.0. The minimum atomic E-state index is 0.311. The van der Waals surface area contributed by atoms with E-state index >= 15 is 0 Å². The number of nitrogens with zero attached hydrogens (tertiary/aromatic N) is 2. The molecule has 100 valence electrons. The van der Waals surface area contributed by atoms with Gasteiger partial charge in [-0.2, -0.15) is 0 Å². The largest absolute Gasteiger partial charge is 0.385 e. The van der Waals surface area contributed by atoms with Crippen LogP contribution in [0.25, 0.3) is 0 Å². The summed E-state index contributed by atoms with van der Waals surface area (Å²) in [6.45, 7) is 10.2. The third kappa shape index (κ3) is 3.68. The molecule has 2 rings (SSSR count). The highest BCUT2D eigenvalue weighted by Gasteiger charge is 2.22. The van der Waals surface area contributed by atoms with Crippen molar-refractivity contribution in [1.29, 1.82) is 0 Å². The van der Waals surface area contributed by atoms with Gasteiger partial charge in [0.05, 0.1) is 17.9 Å². The number of aromatic nitrogens is 1. The van der Waals surface area contributed by atoms with Gasteiger partial charge in [-0.15, -0.1) is 0 Å². The molecule has 1 saturated heterocycles. The Morgan fingerprint density at radius 1 is 1.39 bits per heavy atom. The van der Waals surface area contributed by atoms with Gasteiger partial charge < -0.3 is 10.1 Å². The first-order valence-electron chi connectivity index (χ1n) is 6.74. The lowest BCUT2D eigenvalue weighted by atomic mass is 10.2. The van der Waals surface area contributed by atoms with Gasteiger partial charge in [-0.05, 0) is 32.9 Å². The zero-order valence-corrected chi connectivity index (χ0v) is 11.5. The average Bonchev–Trinajstić information content (AvgIpc) is 2.28. The lowest BCUT2D eigenvalue weighted by molar-refractivity contribution is -0.0707. The second-order valence-corrected chi connectivity index (χ2v) is 5.02. The first kappa shape index (κ1) is 13.3. The van der Waals surface area contributed by atoms with Crippen molar-refractivity contribution in [3.63, 3.8) is 0 Å². The molecule has 1 aliphatic rings. The molecule has 1 aromatic rings. The molecule has 1 N–H and O–H groups in total. The van der Waals surface area contributed by atoms with Crippen LogP contribution in [0.3, 0.4) is 0 Å². The molecule has 0 amide bonds. The van der Waals surface area contributed by atoms with Crippen LogP contribution in [0, 0.1) is 0 Å². The first-order valence-corrected chi connectivity index (χ1v) is 6.74. The number of rotatable bonds is 4. The lowest BCUT2D eigenvalue weighted by Gasteiger charge is -2.35. The van der Waals surface area contributed by atoms with Gasteiger partial charge in [0.15, 0.2) is 0 Å². The molecule has 0 unspecified atom stereocenters. The number of nitrogens with one attached hydrogen (secondary N) is 1. The maximum atomic E-state index is 5.74. The third-order valence-electron chi connectivity index (χ3n) is 3.08. The Labute approximate surface area is 109 Å². The average molecular weight is 249 g/mol. The number of hydrogen-bond donors (Lipinski definition) is 1. The van der Waals surface area contributed by atoms with E-state index in [4.69, 9.17) is 4.74 Å². The van der Waals surface area contributed by atoms with E-state index in [1.807, 2.05) is 12.3 Å². The highest BCUT2D eigenvalue weighted by molar-refractivity contribution is 5.42. The second kappa shape index (κ2) is 6.16. The number of ether oxygens (including phenoxy) is 1. The molecule has 1 aliphatic heterocycles. The van der Waals surface area contributed by atoms with Crippen LogP contribution in [0.5, 0.6) is 0 Å². The van der Waals surface area contributed by atoms with Crippen LogP contribution in [0.15, 0.2) is 18.3 Å². The fourth-order valence-electron chi connectivity index (χ4n) is 2.52. The summed E-state index contributed by atoms with van der Waals surface area (Å²) in [5.74, 6) is 0. The second-order valence-electron chi connectivity index (χ2n) is 5.02. The van der Waals surface area contributed by atoms with E-state index < -0.39 is 0 Å². The summed E-state index contributed by atoms with van der Waals surface area (Å²) >= 11 is 0. The third-order valence-corrected chi connectivity index (χ3v) is 3.08. The molecule has 4 heteroatoms. The molecule has 2 heterocycles. The number of pyridine rings is 1. The molecule has 0 bridgehead atoms. The Bertz CT molecular complexity index is 373. The summed E-state index contributed by atoms with van der Waals surface area (Å²) in [6, 6.07) is 4.14. The van der Waals surface area contributed by atoms with E-state index in [0.29, 0.717) is 12.2 Å². The summed E-state index contributed by atoms with van der Waals surface area (Å²) in [5, 5.41) is 3.32. The van der Waals surface area contributed by atoms with Crippen molar-refractivity contribution in [3.05, 3.63) is 24.0 Å². The Hall–Kier alpha value is -1.13. The summed E-state index contributed by atoms with van der Waals surface area (Å²) in [5.41, 5.74) is 2.27. The molecule has 1 aromatic heterocycles. The van der Waals surface area contributed by atoms with E-state index in [-0.39, 0.29) is 0 Å². The van der Waals surface area contributed by atoms with E-state index in [1.54, 1.807) is 0 Å². The summed E-state index contributed by atoms with van der Waals surface area (Å²) in [4.78, 5) is 6.86. The van der Waals surface area contributed by atoms with Crippen molar-refractivity contribution in [2.45, 2.75) is 39.5 Å². The molecule has 1 fully saturated rings. The van der Waals surface area contributed by atoms with Crippen molar-refractivity contribution in [2.24, 2.45) is 0 Å². The Balaban J connectivity index is 1.97. The van der Waals surface area contributed by atoms with E-state index in [2.05, 4.69) is 42.0 Å². The molecule has 0 radical (unpaired) electrons. The van der Waals surface area contributed by atoms with Crippen molar-refractivity contribution in [3.8, 4) is 0 Å². The van der Waals surface area contributed by atoms with Crippen LogP contribution < -0.4 is 5.32 Å². The van der Waals surface area contributed by atoms with Crippen molar-refractivity contribution in [2.75, 3.05) is 25.0 Å². The molecule has 18 heavy (non-hydrogen) atoms. The van der Waals surface area contributed by atoms with Crippen molar-refractivity contribution >= 4 is 5.69 Å². The Morgan fingerprint density at radius 3 is 2.78 bits per heavy atom. The summed E-state index contributed by atoms with van der Waals surface area (Å²) in [7, 11) is 0. The normalized spacial score (nSPS) is 25.1. The maximum Gasteiger partial charge on any atom is 0.0678 e. The number of morpholine rings is 1. The van der Waals surface area contributed by atoms with Crippen LogP contribution in [-0.2, 0) is 11.3 Å². The molecular weight excluding hydrogens is 226 g/mol. The topological polar surface area (TPSA) is 37.4 Å². The molecule has 0 aliphatic carbocycles. The van der Waals surface area contributed by atoms with E-state index in [9.17, 15) is 0 Å². The van der Waals surface area contributed by atoms with Crippen LogP contribution in [0.4, 0.5) is 5.69 Å². The molecule has 4 nitrogen and oxygen atoms in total. The SMILES string of the molecule is CCNc1ccnc(CN2C[C@@H](C)O[C@@H](C)C2)c1. The van der Waals surface area contributed by atoms with E-state index in [0.717, 1.165) is 37.6 Å². The van der Waals surface area contributed by atoms with Gasteiger partial charge in [0.2, 0.25) is 0 Å². The predicted octanol–water partition coefficient (Wildman–Crippen LogP) is 2.12. The van der Waals surface area contributed by atoms with E-state index in [1.165, 1.54) is 0 Å². The minimum absolute atomic E-state index is 0.311. The van der Waals surface area contributed by atoms with Gasteiger partial charge in [0.1, 0.15) is 0 Å². The first-order chi connectivity index (χ1) is 8.67. The fraction of sp³-hybridized carbons (Fsp3) is 0.643. The number of anilines is 1. The van der Waals surface area contributed by atoms with Gasteiger partial charge in [0, 0.05) is 38.1 Å². The van der Waals surface area contributed by atoms with Gasteiger partial charge >= 0.3 is 0 Å². The van der Waals surface area contributed by atoms with Gasteiger partial charge in [-0.25, -0.2) is 0 Å². The molecular formula is C14H23N3O. The van der Waals surface area contributed by atoms with Gasteiger partial charge in [-0.3, -0.25) is 9.88 Å². The van der Waals surface area contributed by atoms with Crippen LogP contribution in [-0.4, -0.2) is 41.7 Å². The standard InChI is InChI=1S/C14H23N3O/c1-4-15-13-5-6-16-14(7-13)10-17-8-11(2)18-12(3)9-17/h5-7,11-12H,4,8-10H2,1-3H3,(H,15,16)/t11-,12+. The zero-order valence-electron chi connectivity index (χ0n) is 11.5. The van der Waals surface area contributed by atoms with Crippen molar-refractivity contribution in [1.82, 2.24) is 9.88 Å². The van der Waals surface area contributed by atoms with Gasteiger partial charge in [0.25, 0.3) is 0 Å².